The zero-order valence-corrected chi connectivity index (χ0v) is 18.8. The van der Waals surface area contributed by atoms with E-state index < -0.39 is 0 Å². The van der Waals surface area contributed by atoms with Gasteiger partial charge in [0.1, 0.15) is 5.82 Å². The molecule has 2 aromatic carbocycles. The second kappa shape index (κ2) is 9.81. The van der Waals surface area contributed by atoms with Crippen molar-refractivity contribution in [3.8, 4) is 11.1 Å². The number of nitrogens with one attached hydrogen (secondary N) is 1. The molecule has 32 heavy (non-hydrogen) atoms. The minimum atomic E-state index is 0.822. The van der Waals surface area contributed by atoms with Crippen LogP contribution in [0.3, 0.4) is 0 Å². The summed E-state index contributed by atoms with van der Waals surface area (Å²) in [6, 6.07) is 16.9. The molecule has 0 radical (unpaired) electrons. The number of rotatable bonds is 6. The van der Waals surface area contributed by atoms with Gasteiger partial charge in [0.15, 0.2) is 0 Å². The van der Waals surface area contributed by atoms with E-state index in [9.17, 15) is 0 Å². The van der Waals surface area contributed by atoms with Crippen molar-refractivity contribution in [1.29, 1.82) is 0 Å². The maximum Gasteiger partial charge on any atom is 0.228 e. The van der Waals surface area contributed by atoms with Crippen molar-refractivity contribution >= 4 is 22.7 Å². The Morgan fingerprint density at radius 3 is 2.44 bits per heavy atom. The van der Waals surface area contributed by atoms with Gasteiger partial charge in [0.2, 0.25) is 5.95 Å². The normalized spacial score (nSPS) is 18.2. The monoisotopic (exact) mass is 432 g/mol. The van der Waals surface area contributed by atoms with E-state index in [4.69, 9.17) is 14.7 Å². The van der Waals surface area contributed by atoms with Gasteiger partial charge in [0, 0.05) is 63.3 Å². The Bertz CT molecular complexity index is 1030. The maximum absolute atomic E-state index is 5.48. The molecule has 0 bridgehead atoms. The molecule has 168 valence electrons. The van der Waals surface area contributed by atoms with Crippen molar-refractivity contribution in [2.75, 3.05) is 82.8 Å². The number of likely N-dealkylation sites (N-methyl/N-ethyl adjacent to an activating group) is 1. The highest BCUT2D eigenvalue weighted by Crippen LogP contribution is 2.32. The predicted octanol–water partition coefficient (Wildman–Crippen LogP) is 2.79. The Hall–Kier alpha value is -2.74. The second-order valence-corrected chi connectivity index (χ2v) is 8.61. The molecule has 3 aromatic rings. The van der Waals surface area contributed by atoms with Crippen molar-refractivity contribution in [2.45, 2.75) is 0 Å². The number of hydrogen-bond donors (Lipinski definition) is 1. The first-order valence-corrected chi connectivity index (χ1v) is 11.6. The van der Waals surface area contributed by atoms with Gasteiger partial charge in [-0.25, -0.2) is 4.98 Å². The number of aromatic nitrogens is 2. The van der Waals surface area contributed by atoms with E-state index in [1.807, 2.05) is 0 Å². The van der Waals surface area contributed by atoms with E-state index >= 15 is 0 Å². The molecule has 0 atom stereocenters. The summed E-state index contributed by atoms with van der Waals surface area (Å²) < 4.78 is 5.48. The number of hydrogen-bond acceptors (Lipinski definition) is 7. The Labute approximate surface area is 190 Å². The molecule has 1 N–H and O–H groups in total. The molecule has 5 rings (SSSR count). The van der Waals surface area contributed by atoms with Gasteiger partial charge >= 0.3 is 0 Å². The van der Waals surface area contributed by atoms with Crippen LogP contribution < -0.4 is 10.2 Å². The lowest BCUT2D eigenvalue weighted by Crippen LogP contribution is -2.45. The lowest BCUT2D eigenvalue weighted by molar-refractivity contribution is 0.0398. The number of para-hydroxylation sites is 1. The van der Waals surface area contributed by atoms with Crippen LogP contribution in [0.5, 0.6) is 0 Å². The third-order valence-corrected chi connectivity index (χ3v) is 6.41. The molecule has 0 amide bonds. The molecule has 2 saturated heterocycles. The summed E-state index contributed by atoms with van der Waals surface area (Å²) in [5.41, 5.74) is 3.34. The van der Waals surface area contributed by atoms with Crippen LogP contribution in [0.25, 0.3) is 22.0 Å². The predicted molar refractivity (Wildman–Crippen MR) is 130 cm³/mol. The van der Waals surface area contributed by atoms with Gasteiger partial charge in [-0.2, -0.15) is 4.98 Å². The van der Waals surface area contributed by atoms with E-state index in [2.05, 4.69) is 75.6 Å². The SMILES string of the molecule is CN1CCN(c2nc(NCCN3CCOCC3)c3cccc(-c4ccccc4)c3n2)CC1. The topological polar surface area (TPSA) is 56.8 Å². The number of piperazine rings is 1. The number of fused-ring (bicyclic) bond motifs is 1. The molecule has 0 saturated carbocycles. The summed E-state index contributed by atoms with van der Waals surface area (Å²) in [7, 11) is 2.17. The fraction of sp³-hybridized carbons (Fsp3) is 0.440. The highest BCUT2D eigenvalue weighted by molar-refractivity contribution is 5.99. The Balaban J connectivity index is 1.48. The number of benzene rings is 2. The molecule has 7 heteroatoms. The largest absolute Gasteiger partial charge is 0.379 e. The minimum Gasteiger partial charge on any atom is -0.379 e. The third-order valence-electron chi connectivity index (χ3n) is 6.41. The number of morpholine rings is 1. The minimum absolute atomic E-state index is 0.822. The van der Waals surface area contributed by atoms with Gasteiger partial charge in [0.25, 0.3) is 0 Å². The van der Waals surface area contributed by atoms with E-state index in [-0.39, 0.29) is 0 Å². The fourth-order valence-electron chi connectivity index (χ4n) is 4.43. The first-order chi connectivity index (χ1) is 15.8. The van der Waals surface area contributed by atoms with Crippen molar-refractivity contribution < 1.29 is 4.74 Å². The number of anilines is 2. The lowest BCUT2D eigenvalue weighted by Gasteiger charge is -2.32. The van der Waals surface area contributed by atoms with Gasteiger partial charge in [-0.05, 0) is 18.7 Å². The molecule has 7 nitrogen and oxygen atoms in total. The van der Waals surface area contributed by atoms with Crippen LogP contribution in [0.4, 0.5) is 11.8 Å². The summed E-state index contributed by atoms with van der Waals surface area (Å²) in [5, 5.41) is 4.71. The molecule has 1 aromatic heterocycles. The van der Waals surface area contributed by atoms with Gasteiger partial charge in [-0.3, -0.25) is 4.90 Å². The fourth-order valence-corrected chi connectivity index (χ4v) is 4.43. The van der Waals surface area contributed by atoms with E-state index in [1.54, 1.807) is 0 Å². The zero-order chi connectivity index (χ0) is 21.8. The average Bonchev–Trinajstić information content (AvgIpc) is 2.85. The summed E-state index contributed by atoms with van der Waals surface area (Å²) in [5.74, 6) is 1.75. The highest BCUT2D eigenvalue weighted by Gasteiger charge is 2.20. The van der Waals surface area contributed by atoms with Gasteiger partial charge in [0.05, 0.1) is 18.7 Å². The Kier molecular flexibility index (Phi) is 6.48. The molecule has 0 unspecified atom stereocenters. The molecular formula is C25H32N6O. The van der Waals surface area contributed by atoms with Crippen LogP contribution in [-0.2, 0) is 4.74 Å². The molecule has 0 aliphatic carbocycles. The average molecular weight is 433 g/mol. The Morgan fingerprint density at radius 2 is 1.66 bits per heavy atom. The summed E-state index contributed by atoms with van der Waals surface area (Å²) >= 11 is 0. The van der Waals surface area contributed by atoms with Crippen molar-refractivity contribution in [3.63, 3.8) is 0 Å². The van der Waals surface area contributed by atoms with Crippen LogP contribution >= 0.6 is 0 Å². The van der Waals surface area contributed by atoms with E-state index in [1.165, 1.54) is 5.56 Å². The maximum atomic E-state index is 5.48. The second-order valence-electron chi connectivity index (χ2n) is 8.61. The summed E-state index contributed by atoms with van der Waals surface area (Å²) in [6.07, 6.45) is 0. The first-order valence-electron chi connectivity index (χ1n) is 11.6. The summed E-state index contributed by atoms with van der Waals surface area (Å²) in [6.45, 7) is 9.43. The Morgan fingerprint density at radius 1 is 0.875 bits per heavy atom. The van der Waals surface area contributed by atoms with Crippen LogP contribution in [-0.4, -0.2) is 92.4 Å². The molecule has 2 aliphatic heterocycles. The lowest BCUT2D eigenvalue weighted by atomic mass is 10.0. The molecule has 2 fully saturated rings. The molecule has 2 aliphatic rings. The smallest absolute Gasteiger partial charge is 0.228 e. The number of nitrogens with zero attached hydrogens (tertiary/aromatic N) is 5. The van der Waals surface area contributed by atoms with Gasteiger partial charge in [-0.1, -0.05) is 42.5 Å². The van der Waals surface area contributed by atoms with Crippen molar-refractivity contribution in [3.05, 3.63) is 48.5 Å². The van der Waals surface area contributed by atoms with Crippen LogP contribution in [0, 0.1) is 0 Å². The molecule has 0 spiro atoms. The van der Waals surface area contributed by atoms with Crippen LogP contribution in [0.2, 0.25) is 0 Å². The van der Waals surface area contributed by atoms with Gasteiger partial charge in [-0.15, -0.1) is 0 Å². The highest BCUT2D eigenvalue weighted by atomic mass is 16.5. The summed E-state index contributed by atoms with van der Waals surface area (Å²) in [4.78, 5) is 17.2. The standard InChI is InChI=1S/C25H32N6O/c1-29-12-14-31(15-13-29)25-27-23-21(20-6-3-2-4-7-20)8-5-9-22(23)24(28-25)26-10-11-30-16-18-32-19-17-30/h2-9H,10-19H2,1H3,(H,26,27,28). The quantitative estimate of drug-likeness (QED) is 0.643. The first kappa shape index (κ1) is 21.1. The zero-order valence-electron chi connectivity index (χ0n) is 18.8. The van der Waals surface area contributed by atoms with Crippen molar-refractivity contribution in [2.24, 2.45) is 0 Å². The van der Waals surface area contributed by atoms with Crippen molar-refractivity contribution in [1.82, 2.24) is 19.8 Å². The number of ether oxygens (including phenoxy) is 1. The molecular weight excluding hydrogens is 400 g/mol. The van der Waals surface area contributed by atoms with E-state index in [0.717, 1.165) is 93.8 Å². The molecule has 3 heterocycles. The third kappa shape index (κ3) is 4.70. The van der Waals surface area contributed by atoms with E-state index in [0.29, 0.717) is 0 Å². The van der Waals surface area contributed by atoms with Crippen LogP contribution in [0.15, 0.2) is 48.5 Å². The van der Waals surface area contributed by atoms with Gasteiger partial charge < -0.3 is 19.9 Å². The van der Waals surface area contributed by atoms with Crippen LogP contribution in [0.1, 0.15) is 0 Å².